The molecule has 0 fully saturated rings. The molecule has 0 spiro atoms. The monoisotopic (exact) mass is 478 g/mol. The maximum absolute atomic E-state index is 13.2. The molecule has 0 atom stereocenters. The van der Waals surface area contributed by atoms with Gasteiger partial charge >= 0.3 is 5.88 Å². The molecule has 0 saturated carbocycles. The number of thioether (sulfide) groups is 1. The number of amides is 2. The summed E-state index contributed by atoms with van der Waals surface area (Å²) >= 11 is 1.16. The standard InChI is InChI=1S/C24H23N5O4S/c1-16(2)28-14-22(33-27-28)26-21(30)15-34-24-25-20(13-17-9-11-19(32-3)12-10-17)23(31)29(24)18-7-5-4-6-8-18/h4-14,16H,15H2,1-3H3/p+1/b20-13+. The number of ether oxygens (including phenoxy) is 1. The number of nitrogens with zero attached hydrogens (tertiary/aromatic N) is 4. The van der Waals surface area contributed by atoms with E-state index in [2.05, 4.69) is 15.6 Å². The van der Waals surface area contributed by atoms with Gasteiger partial charge in [0, 0.05) is 0 Å². The minimum Gasteiger partial charge on any atom is -0.497 e. The summed E-state index contributed by atoms with van der Waals surface area (Å²) in [5.74, 6) is 0.449. The Morgan fingerprint density at radius 1 is 1.21 bits per heavy atom. The van der Waals surface area contributed by atoms with Crippen LogP contribution in [0.4, 0.5) is 11.6 Å². The number of aromatic nitrogens is 2. The van der Waals surface area contributed by atoms with Crippen LogP contribution in [0.3, 0.4) is 0 Å². The number of methoxy groups -OCH3 is 1. The first kappa shape index (κ1) is 23.2. The van der Waals surface area contributed by atoms with Crippen LogP contribution in [0.2, 0.25) is 0 Å². The summed E-state index contributed by atoms with van der Waals surface area (Å²) in [4.78, 5) is 31.8. The third kappa shape index (κ3) is 5.34. The molecule has 34 heavy (non-hydrogen) atoms. The lowest BCUT2D eigenvalue weighted by Gasteiger charge is -2.17. The second-order valence-electron chi connectivity index (χ2n) is 7.65. The molecule has 0 bridgehead atoms. The van der Waals surface area contributed by atoms with Crippen molar-refractivity contribution in [2.75, 3.05) is 23.1 Å². The first-order chi connectivity index (χ1) is 16.4. The summed E-state index contributed by atoms with van der Waals surface area (Å²) in [6.07, 6.45) is 3.33. The number of benzene rings is 2. The Morgan fingerprint density at radius 3 is 2.59 bits per heavy atom. The van der Waals surface area contributed by atoms with Crippen LogP contribution in [0.15, 0.2) is 76.0 Å². The highest BCUT2D eigenvalue weighted by molar-refractivity contribution is 8.14. The predicted molar refractivity (Wildman–Crippen MR) is 131 cm³/mol. The van der Waals surface area contributed by atoms with Gasteiger partial charge in [-0.3, -0.25) is 24.3 Å². The molecule has 1 aliphatic rings. The highest BCUT2D eigenvalue weighted by atomic mass is 32.2. The minimum absolute atomic E-state index is 0.0354. The van der Waals surface area contributed by atoms with E-state index in [0.29, 0.717) is 10.9 Å². The largest absolute Gasteiger partial charge is 0.497 e. The zero-order valence-electron chi connectivity index (χ0n) is 19.0. The van der Waals surface area contributed by atoms with Crippen molar-refractivity contribution in [1.29, 1.82) is 0 Å². The van der Waals surface area contributed by atoms with Crippen LogP contribution in [-0.4, -0.2) is 35.1 Å². The smallest absolute Gasteiger partial charge is 0.302 e. The van der Waals surface area contributed by atoms with E-state index in [0.717, 1.165) is 23.1 Å². The summed E-state index contributed by atoms with van der Waals surface area (Å²) in [7, 11) is 1.60. The van der Waals surface area contributed by atoms with Crippen molar-refractivity contribution < 1.29 is 23.5 Å². The highest BCUT2D eigenvalue weighted by Crippen LogP contribution is 2.29. The van der Waals surface area contributed by atoms with E-state index in [1.165, 1.54) is 4.90 Å². The lowest BCUT2D eigenvalue weighted by atomic mass is 10.2. The van der Waals surface area contributed by atoms with E-state index < -0.39 is 0 Å². The number of amidine groups is 1. The SMILES string of the molecule is COc1ccc(/C=C2/N=C(SCC(=O)Nc3c[n+](C(C)C)no3)N(c3ccccc3)C2=O)cc1. The number of aliphatic imine (C=N–C) groups is 1. The Balaban J connectivity index is 1.52. The van der Waals surface area contributed by atoms with Crippen molar-refractivity contribution in [3.8, 4) is 5.75 Å². The van der Waals surface area contributed by atoms with Gasteiger partial charge in [0.1, 0.15) is 11.4 Å². The normalized spacial score (nSPS) is 14.6. The molecule has 1 N–H and O–H groups in total. The molecule has 10 heteroatoms. The maximum atomic E-state index is 13.2. The number of carbonyl (C=O) groups is 2. The van der Waals surface area contributed by atoms with Gasteiger partial charge in [-0.1, -0.05) is 42.1 Å². The average Bonchev–Trinajstić information content (AvgIpc) is 3.43. The number of carbonyl (C=O) groups excluding carboxylic acids is 2. The number of anilines is 2. The molecule has 3 aromatic rings. The van der Waals surface area contributed by atoms with Crippen LogP contribution in [0, 0.1) is 0 Å². The first-order valence-electron chi connectivity index (χ1n) is 10.6. The number of hydrogen-bond donors (Lipinski definition) is 1. The molecule has 174 valence electrons. The van der Waals surface area contributed by atoms with Crippen LogP contribution < -0.4 is 19.6 Å². The lowest BCUT2D eigenvalue weighted by Crippen LogP contribution is -2.37. The summed E-state index contributed by atoms with van der Waals surface area (Å²) in [5.41, 5.74) is 1.77. The van der Waals surface area contributed by atoms with Crippen LogP contribution in [0.1, 0.15) is 25.5 Å². The second kappa shape index (κ2) is 10.3. The van der Waals surface area contributed by atoms with Gasteiger partial charge in [-0.05, 0) is 54.4 Å². The number of para-hydroxylation sites is 1. The molecule has 2 heterocycles. The fourth-order valence-electron chi connectivity index (χ4n) is 3.12. The van der Waals surface area contributed by atoms with Crippen molar-refractivity contribution in [3.63, 3.8) is 0 Å². The molecule has 9 nitrogen and oxygen atoms in total. The Kier molecular flexibility index (Phi) is 7.07. The lowest BCUT2D eigenvalue weighted by molar-refractivity contribution is -0.779. The van der Waals surface area contributed by atoms with Gasteiger partial charge in [0.05, 0.1) is 18.6 Å². The Labute approximate surface area is 201 Å². The predicted octanol–water partition coefficient (Wildman–Crippen LogP) is 3.67. The van der Waals surface area contributed by atoms with Crippen LogP contribution in [-0.2, 0) is 9.59 Å². The molecule has 0 aliphatic carbocycles. The van der Waals surface area contributed by atoms with Gasteiger partial charge in [0.25, 0.3) is 12.1 Å². The number of rotatable bonds is 7. The van der Waals surface area contributed by atoms with Crippen molar-refractivity contribution in [2.24, 2.45) is 4.99 Å². The molecule has 0 saturated heterocycles. The summed E-state index contributed by atoms with van der Waals surface area (Å²) in [6, 6.07) is 16.6. The van der Waals surface area contributed by atoms with E-state index >= 15 is 0 Å². The molecule has 0 unspecified atom stereocenters. The fourth-order valence-corrected chi connectivity index (χ4v) is 3.93. The molecular formula is C24H24N5O4S+. The van der Waals surface area contributed by atoms with Gasteiger partial charge < -0.3 is 4.74 Å². The Hall–Kier alpha value is -3.92. The molecule has 1 aliphatic heterocycles. The van der Waals surface area contributed by atoms with Gasteiger partial charge in [-0.15, -0.1) is 0 Å². The molecule has 2 amide bonds. The number of hydrogen-bond acceptors (Lipinski definition) is 7. The summed E-state index contributed by atoms with van der Waals surface area (Å²) in [6.45, 7) is 3.91. The van der Waals surface area contributed by atoms with Crippen LogP contribution in [0.5, 0.6) is 5.75 Å². The van der Waals surface area contributed by atoms with Crippen LogP contribution in [0.25, 0.3) is 6.08 Å². The van der Waals surface area contributed by atoms with E-state index in [1.807, 2.05) is 68.4 Å². The fraction of sp³-hybridized carbons (Fsp3) is 0.208. The van der Waals surface area contributed by atoms with E-state index in [-0.39, 0.29) is 35.2 Å². The summed E-state index contributed by atoms with van der Waals surface area (Å²) in [5, 5.41) is 6.95. The molecular weight excluding hydrogens is 454 g/mol. The van der Waals surface area contributed by atoms with Crippen molar-refractivity contribution in [3.05, 3.63) is 72.1 Å². The molecule has 4 rings (SSSR count). The third-order valence-electron chi connectivity index (χ3n) is 4.87. The molecule has 0 radical (unpaired) electrons. The van der Waals surface area contributed by atoms with Crippen molar-refractivity contribution in [2.45, 2.75) is 19.9 Å². The summed E-state index contributed by atoms with van der Waals surface area (Å²) < 4.78 is 11.9. The van der Waals surface area contributed by atoms with Crippen LogP contribution >= 0.6 is 11.8 Å². The van der Waals surface area contributed by atoms with E-state index in [9.17, 15) is 9.59 Å². The zero-order valence-corrected chi connectivity index (χ0v) is 19.8. The topological polar surface area (TPSA) is 101 Å². The zero-order chi connectivity index (χ0) is 24.1. The third-order valence-corrected chi connectivity index (χ3v) is 5.81. The van der Waals surface area contributed by atoms with Gasteiger partial charge in [-0.25, -0.2) is 4.99 Å². The van der Waals surface area contributed by atoms with Crippen molar-refractivity contribution >= 4 is 46.4 Å². The number of nitrogens with one attached hydrogen (secondary N) is 1. The van der Waals surface area contributed by atoms with E-state index in [4.69, 9.17) is 9.26 Å². The van der Waals surface area contributed by atoms with Gasteiger partial charge in [0.2, 0.25) is 11.2 Å². The molecule has 2 aromatic carbocycles. The van der Waals surface area contributed by atoms with Gasteiger partial charge in [0.15, 0.2) is 11.2 Å². The average molecular weight is 479 g/mol. The van der Waals surface area contributed by atoms with E-state index in [1.54, 1.807) is 24.1 Å². The Morgan fingerprint density at radius 2 is 1.94 bits per heavy atom. The van der Waals surface area contributed by atoms with Crippen molar-refractivity contribution in [1.82, 2.24) is 5.27 Å². The quantitative estimate of drug-likeness (QED) is 0.411. The first-order valence-corrected chi connectivity index (χ1v) is 11.6. The second-order valence-corrected chi connectivity index (χ2v) is 8.59. The Bertz CT molecular complexity index is 1240. The van der Waals surface area contributed by atoms with Gasteiger partial charge in [-0.2, -0.15) is 0 Å². The molecule has 1 aromatic heterocycles. The minimum atomic E-state index is -0.298. The maximum Gasteiger partial charge on any atom is 0.302 e. The highest BCUT2D eigenvalue weighted by Gasteiger charge is 2.32.